The predicted molar refractivity (Wildman–Crippen MR) is 69.7 cm³/mol. The standard InChI is InChI=1S/C13H22N2S/c1-3-11-6-4-5-7-12(11)15-10(2)13-14-8-9-16-13/h8-12,15H,3-7H2,1-2H3. The molecule has 0 amide bonds. The molecule has 0 bridgehead atoms. The summed E-state index contributed by atoms with van der Waals surface area (Å²) in [4.78, 5) is 4.39. The second-order valence-electron chi connectivity index (χ2n) is 4.82. The fraction of sp³-hybridized carbons (Fsp3) is 0.769. The molecule has 1 saturated carbocycles. The lowest BCUT2D eigenvalue weighted by Crippen LogP contribution is -2.39. The Morgan fingerprint density at radius 1 is 1.50 bits per heavy atom. The monoisotopic (exact) mass is 238 g/mol. The molecule has 3 atom stereocenters. The molecule has 0 radical (unpaired) electrons. The first-order valence-corrected chi connectivity index (χ1v) is 7.34. The summed E-state index contributed by atoms with van der Waals surface area (Å²) < 4.78 is 0. The Morgan fingerprint density at radius 2 is 2.31 bits per heavy atom. The minimum atomic E-state index is 0.414. The fourth-order valence-electron chi connectivity index (χ4n) is 2.76. The molecular weight excluding hydrogens is 216 g/mol. The van der Waals surface area contributed by atoms with Gasteiger partial charge >= 0.3 is 0 Å². The summed E-state index contributed by atoms with van der Waals surface area (Å²) in [6, 6.07) is 1.12. The molecule has 0 aliphatic heterocycles. The van der Waals surface area contributed by atoms with Gasteiger partial charge in [-0.2, -0.15) is 0 Å². The van der Waals surface area contributed by atoms with Crippen LogP contribution in [-0.2, 0) is 0 Å². The number of aromatic nitrogens is 1. The van der Waals surface area contributed by atoms with Crippen molar-refractivity contribution in [3.05, 3.63) is 16.6 Å². The van der Waals surface area contributed by atoms with E-state index in [2.05, 4.69) is 29.5 Å². The van der Waals surface area contributed by atoms with Crippen LogP contribution in [0.1, 0.15) is 57.0 Å². The van der Waals surface area contributed by atoms with Crippen molar-refractivity contribution in [3.8, 4) is 0 Å². The summed E-state index contributed by atoms with van der Waals surface area (Å²) >= 11 is 1.75. The van der Waals surface area contributed by atoms with E-state index in [1.807, 2.05) is 6.20 Å². The van der Waals surface area contributed by atoms with Crippen molar-refractivity contribution in [2.24, 2.45) is 5.92 Å². The molecule has 0 aromatic carbocycles. The SMILES string of the molecule is CCC1CCCCC1NC(C)c1nccs1. The van der Waals surface area contributed by atoms with Gasteiger partial charge in [0, 0.05) is 17.6 Å². The predicted octanol–water partition coefficient (Wildman–Crippen LogP) is 3.76. The number of hydrogen-bond acceptors (Lipinski definition) is 3. The Kier molecular flexibility index (Phi) is 4.36. The second kappa shape index (κ2) is 5.78. The highest BCUT2D eigenvalue weighted by Gasteiger charge is 2.25. The van der Waals surface area contributed by atoms with E-state index in [1.165, 1.54) is 37.1 Å². The van der Waals surface area contributed by atoms with E-state index in [0.29, 0.717) is 12.1 Å². The highest BCUT2D eigenvalue weighted by atomic mass is 32.1. The van der Waals surface area contributed by atoms with Gasteiger partial charge < -0.3 is 5.32 Å². The van der Waals surface area contributed by atoms with E-state index in [4.69, 9.17) is 0 Å². The molecule has 3 unspecified atom stereocenters. The number of nitrogens with zero attached hydrogens (tertiary/aromatic N) is 1. The van der Waals surface area contributed by atoms with Crippen molar-refractivity contribution in [1.82, 2.24) is 10.3 Å². The fourth-order valence-corrected chi connectivity index (χ4v) is 3.41. The van der Waals surface area contributed by atoms with Crippen LogP contribution in [-0.4, -0.2) is 11.0 Å². The first kappa shape index (κ1) is 12.1. The maximum absolute atomic E-state index is 4.39. The summed E-state index contributed by atoms with van der Waals surface area (Å²) in [5.74, 6) is 0.871. The average molecular weight is 238 g/mol. The second-order valence-corrected chi connectivity index (χ2v) is 5.74. The lowest BCUT2D eigenvalue weighted by atomic mass is 9.82. The minimum absolute atomic E-state index is 0.414. The zero-order chi connectivity index (χ0) is 11.4. The van der Waals surface area contributed by atoms with Gasteiger partial charge in [0.2, 0.25) is 0 Å². The Morgan fingerprint density at radius 3 is 3.00 bits per heavy atom. The van der Waals surface area contributed by atoms with Gasteiger partial charge in [-0.3, -0.25) is 0 Å². The molecule has 0 saturated heterocycles. The van der Waals surface area contributed by atoms with E-state index in [9.17, 15) is 0 Å². The number of nitrogens with one attached hydrogen (secondary N) is 1. The molecule has 2 nitrogen and oxygen atoms in total. The van der Waals surface area contributed by atoms with Gasteiger partial charge in [0.1, 0.15) is 5.01 Å². The molecule has 1 aromatic heterocycles. The molecule has 90 valence electrons. The van der Waals surface area contributed by atoms with Crippen LogP contribution in [0.4, 0.5) is 0 Å². The highest BCUT2D eigenvalue weighted by Crippen LogP contribution is 2.29. The van der Waals surface area contributed by atoms with Gasteiger partial charge in [-0.1, -0.05) is 26.2 Å². The number of rotatable bonds is 4. The Balaban J connectivity index is 1.92. The van der Waals surface area contributed by atoms with E-state index in [1.54, 1.807) is 11.3 Å². The van der Waals surface area contributed by atoms with Crippen LogP contribution < -0.4 is 5.32 Å². The summed E-state index contributed by atoms with van der Waals surface area (Å²) in [6.07, 6.45) is 8.76. The zero-order valence-corrected chi connectivity index (χ0v) is 11.1. The Bertz CT molecular complexity index is 297. The van der Waals surface area contributed by atoms with E-state index >= 15 is 0 Å². The third-order valence-corrected chi connectivity index (χ3v) is 4.68. The van der Waals surface area contributed by atoms with Gasteiger partial charge in [0.05, 0.1) is 6.04 Å². The van der Waals surface area contributed by atoms with Crippen LogP contribution >= 0.6 is 11.3 Å². The average Bonchev–Trinajstić information content (AvgIpc) is 2.83. The van der Waals surface area contributed by atoms with Crippen molar-refractivity contribution in [2.45, 2.75) is 58.0 Å². The first-order chi connectivity index (χ1) is 7.81. The lowest BCUT2D eigenvalue weighted by Gasteiger charge is -2.33. The molecule has 1 aliphatic rings. The number of thiazole rings is 1. The van der Waals surface area contributed by atoms with Gasteiger partial charge in [0.25, 0.3) is 0 Å². The summed E-state index contributed by atoms with van der Waals surface area (Å²) in [7, 11) is 0. The van der Waals surface area contributed by atoms with Crippen LogP contribution in [0.5, 0.6) is 0 Å². The van der Waals surface area contributed by atoms with Crippen LogP contribution in [0.3, 0.4) is 0 Å². The maximum atomic E-state index is 4.39. The van der Waals surface area contributed by atoms with Crippen molar-refractivity contribution in [3.63, 3.8) is 0 Å². The molecule has 16 heavy (non-hydrogen) atoms. The van der Waals surface area contributed by atoms with Crippen molar-refractivity contribution >= 4 is 11.3 Å². The maximum Gasteiger partial charge on any atom is 0.109 e. The molecule has 1 aromatic rings. The van der Waals surface area contributed by atoms with E-state index in [-0.39, 0.29) is 0 Å². The lowest BCUT2D eigenvalue weighted by molar-refractivity contribution is 0.240. The largest absolute Gasteiger partial charge is 0.305 e. The molecule has 1 aliphatic carbocycles. The molecular formula is C13H22N2S. The third-order valence-electron chi connectivity index (χ3n) is 3.72. The van der Waals surface area contributed by atoms with Gasteiger partial charge in [-0.15, -0.1) is 11.3 Å². The van der Waals surface area contributed by atoms with Gasteiger partial charge in [-0.05, 0) is 25.7 Å². The van der Waals surface area contributed by atoms with E-state index in [0.717, 1.165) is 5.92 Å². The van der Waals surface area contributed by atoms with E-state index < -0.39 is 0 Å². The van der Waals surface area contributed by atoms with Gasteiger partial charge in [-0.25, -0.2) is 4.98 Å². The molecule has 1 fully saturated rings. The molecule has 1 heterocycles. The molecule has 3 heteroatoms. The minimum Gasteiger partial charge on any atom is -0.305 e. The Labute approximate surface area is 102 Å². The zero-order valence-electron chi connectivity index (χ0n) is 10.3. The summed E-state index contributed by atoms with van der Waals surface area (Å²) in [6.45, 7) is 4.55. The number of hydrogen-bond donors (Lipinski definition) is 1. The topological polar surface area (TPSA) is 24.9 Å². The highest BCUT2D eigenvalue weighted by molar-refractivity contribution is 7.09. The van der Waals surface area contributed by atoms with Crippen LogP contribution in [0.25, 0.3) is 0 Å². The van der Waals surface area contributed by atoms with Crippen molar-refractivity contribution in [1.29, 1.82) is 0 Å². The molecule has 2 rings (SSSR count). The smallest absolute Gasteiger partial charge is 0.109 e. The summed E-state index contributed by atoms with van der Waals surface area (Å²) in [5.41, 5.74) is 0. The Hall–Kier alpha value is -0.410. The molecule has 0 spiro atoms. The van der Waals surface area contributed by atoms with Gasteiger partial charge in [0.15, 0.2) is 0 Å². The third kappa shape index (κ3) is 2.83. The molecule has 1 N–H and O–H groups in total. The quantitative estimate of drug-likeness (QED) is 0.864. The van der Waals surface area contributed by atoms with Crippen LogP contribution in [0.15, 0.2) is 11.6 Å². The normalized spacial score (nSPS) is 27.9. The van der Waals surface area contributed by atoms with Crippen molar-refractivity contribution < 1.29 is 0 Å². The van der Waals surface area contributed by atoms with Crippen molar-refractivity contribution in [2.75, 3.05) is 0 Å². The summed E-state index contributed by atoms with van der Waals surface area (Å²) in [5, 5.41) is 7.05. The van der Waals surface area contributed by atoms with Crippen LogP contribution in [0, 0.1) is 5.92 Å². The van der Waals surface area contributed by atoms with Crippen LogP contribution in [0.2, 0.25) is 0 Å². The first-order valence-electron chi connectivity index (χ1n) is 6.46.